The number of nitrogens with two attached hydrogens (primary N) is 1. The van der Waals surface area contributed by atoms with Gasteiger partial charge in [0, 0.05) is 21.3 Å². The van der Waals surface area contributed by atoms with Crippen LogP contribution in [0.25, 0.3) is 0 Å². The van der Waals surface area contributed by atoms with Gasteiger partial charge in [0.1, 0.15) is 5.69 Å². The van der Waals surface area contributed by atoms with E-state index in [1.165, 1.54) is 0 Å². The number of halogens is 1. The van der Waals surface area contributed by atoms with E-state index in [1.54, 1.807) is 24.6 Å². The zero-order chi connectivity index (χ0) is 12.4. The molecular weight excluding hydrogens is 302 g/mol. The minimum Gasteiger partial charge on any atom is -0.493 e. The summed E-state index contributed by atoms with van der Waals surface area (Å²) in [6, 6.07) is 1.82. The molecular formula is C11H14BrN3OS. The van der Waals surface area contributed by atoms with Crippen LogP contribution in [0, 0.1) is 0 Å². The van der Waals surface area contributed by atoms with Gasteiger partial charge < -0.3 is 10.5 Å². The molecule has 17 heavy (non-hydrogen) atoms. The van der Waals surface area contributed by atoms with E-state index >= 15 is 0 Å². The maximum atomic E-state index is 6.28. The first-order valence-corrected chi connectivity index (χ1v) is 6.93. The first-order chi connectivity index (χ1) is 8.17. The van der Waals surface area contributed by atoms with E-state index in [1.807, 2.05) is 23.1 Å². The van der Waals surface area contributed by atoms with Gasteiger partial charge >= 0.3 is 0 Å². The Morgan fingerprint density at radius 3 is 2.94 bits per heavy atom. The third-order valence-electron chi connectivity index (χ3n) is 2.55. The summed E-state index contributed by atoms with van der Waals surface area (Å²) in [5, 5.41) is 6.29. The fourth-order valence-corrected chi connectivity index (χ4v) is 3.18. The third kappa shape index (κ3) is 2.38. The molecule has 2 heterocycles. The quantitative estimate of drug-likeness (QED) is 0.944. The van der Waals surface area contributed by atoms with Crippen LogP contribution in [-0.4, -0.2) is 16.9 Å². The molecule has 0 radical (unpaired) electrons. The highest BCUT2D eigenvalue weighted by Crippen LogP contribution is 2.32. The van der Waals surface area contributed by atoms with Crippen LogP contribution in [0.15, 0.2) is 22.1 Å². The monoisotopic (exact) mass is 315 g/mol. The maximum Gasteiger partial charge on any atom is 0.161 e. The van der Waals surface area contributed by atoms with E-state index in [9.17, 15) is 0 Å². The lowest BCUT2D eigenvalue weighted by Gasteiger charge is -2.13. The van der Waals surface area contributed by atoms with Crippen molar-refractivity contribution in [3.63, 3.8) is 0 Å². The Morgan fingerprint density at radius 2 is 2.41 bits per heavy atom. The lowest BCUT2D eigenvalue weighted by Crippen LogP contribution is -2.17. The molecule has 0 saturated heterocycles. The zero-order valence-electron chi connectivity index (χ0n) is 9.68. The van der Waals surface area contributed by atoms with Gasteiger partial charge in [0.2, 0.25) is 0 Å². The molecule has 2 aromatic rings. The Hall–Kier alpha value is -0.850. The van der Waals surface area contributed by atoms with Gasteiger partial charge in [-0.1, -0.05) is 0 Å². The van der Waals surface area contributed by atoms with Crippen molar-refractivity contribution in [2.24, 2.45) is 5.73 Å². The normalized spacial score (nSPS) is 12.7. The summed E-state index contributed by atoms with van der Waals surface area (Å²) in [6.07, 6.45) is 1.71. The van der Waals surface area contributed by atoms with Crippen molar-refractivity contribution in [2.75, 3.05) is 7.11 Å². The van der Waals surface area contributed by atoms with E-state index in [2.05, 4.69) is 21.0 Å². The molecule has 0 aliphatic carbocycles. The van der Waals surface area contributed by atoms with Crippen LogP contribution >= 0.6 is 27.3 Å². The highest BCUT2D eigenvalue weighted by Gasteiger charge is 2.20. The van der Waals surface area contributed by atoms with Gasteiger partial charge in [-0.3, -0.25) is 4.68 Å². The minimum atomic E-state index is -0.205. The SMILES string of the molecule is CCn1ncc(OC)c1C(N)c1cc(Br)cs1. The molecule has 1 unspecified atom stereocenters. The van der Waals surface area contributed by atoms with Gasteiger partial charge in [-0.25, -0.2) is 0 Å². The third-order valence-corrected chi connectivity index (χ3v) is 4.33. The number of aromatic nitrogens is 2. The molecule has 2 rings (SSSR count). The summed E-state index contributed by atoms with van der Waals surface area (Å²) in [5.41, 5.74) is 7.20. The molecule has 1 atom stereocenters. The Morgan fingerprint density at radius 1 is 1.65 bits per heavy atom. The summed E-state index contributed by atoms with van der Waals surface area (Å²) in [7, 11) is 1.64. The predicted molar refractivity (Wildman–Crippen MR) is 72.5 cm³/mol. The summed E-state index contributed by atoms with van der Waals surface area (Å²) in [4.78, 5) is 1.09. The lowest BCUT2D eigenvalue weighted by atomic mass is 10.1. The minimum absolute atomic E-state index is 0.205. The molecule has 92 valence electrons. The second-order valence-corrected chi connectivity index (χ2v) is 5.42. The summed E-state index contributed by atoms with van der Waals surface area (Å²) >= 11 is 5.06. The standard InChI is InChI=1S/C11H14BrN3OS/c1-3-15-11(8(16-2)5-14-15)10(13)9-4-7(12)6-17-9/h4-6,10H,3,13H2,1-2H3. The summed E-state index contributed by atoms with van der Waals surface area (Å²) < 4.78 is 8.23. The highest BCUT2D eigenvalue weighted by atomic mass is 79.9. The van der Waals surface area contributed by atoms with Crippen LogP contribution in [0.3, 0.4) is 0 Å². The van der Waals surface area contributed by atoms with Crippen molar-refractivity contribution in [2.45, 2.75) is 19.5 Å². The van der Waals surface area contributed by atoms with E-state index < -0.39 is 0 Å². The average Bonchev–Trinajstić information content (AvgIpc) is 2.93. The molecule has 0 fully saturated rings. The number of rotatable bonds is 4. The van der Waals surface area contributed by atoms with Crippen LogP contribution in [0.5, 0.6) is 5.75 Å². The van der Waals surface area contributed by atoms with Gasteiger partial charge in [-0.05, 0) is 28.9 Å². The van der Waals surface area contributed by atoms with Crippen molar-refractivity contribution in [1.29, 1.82) is 0 Å². The van der Waals surface area contributed by atoms with E-state index in [0.717, 1.165) is 27.3 Å². The number of ether oxygens (including phenoxy) is 1. The molecule has 0 aliphatic heterocycles. The van der Waals surface area contributed by atoms with E-state index in [0.29, 0.717) is 0 Å². The van der Waals surface area contributed by atoms with Crippen molar-refractivity contribution < 1.29 is 4.74 Å². The topological polar surface area (TPSA) is 53.1 Å². The number of aryl methyl sites for hydroxylation is 1. The number of hydrogen-bond donors (Lipinski definition) is 1. The lowest BCUT2D eigenvalue weighted by molar-refractivity contribution is 0.405. The summed E-state index contributed by atoms with van der Waals surface area (Å²) in [5.74, 6) is 0.740. The number of methoxy groups -OCH3 is 1. The van der Waals surface area contributed by atoms with Crippen LogP contribution in [0.2, 0.25) is 0 Å². The molecule has 0 bridgehead atoms. The largest absolute Gasteiger partial charge is 0.493 e. The molecule has 0 amide bonds. The van der Waals surface area contributed by atoms with Crippen molar-refractivity contribution >= 4 is 27.3 Å². The first kappa shape index (κ1) is 12.6. The second-order valence-electron chi connectivity index (χ2n) is 3.56. The number of thiophene rings is 1. The van der Waals surface area contributed by atoms with Gasteiger partial charge in [0.15, 0.2) is 5.75 Å². The molecule has 6 heteroatoms. The van der Waals surface area contributed by atoms with Gasteiger partial charge in [-0.15, -0.1) is 11.3 Å². The van der Waals surface area contributed by atoms with Gasteiger partial charge in [0.05, 0.1) is 19.3 Å². The molecule has 0 aliphatic rings. The maximum absolute atomic E-state index is 6.28. The van der Waals surface area contributed by atoms with Gasteiger partial charge in [0.25, 0.3) is 0 Å². The van der Waals surface area contributed by atoms with Crippen LogP contribution in [-0.2, 0) is 6.54 Å². The Kier molecular flexibility index (Phi) is 3.86. The number of hydrogen-bond acceptors (Lipinski definition) is 4. The molecule has 4 nitrogen and oxygen atoms in total. The Labute approximate surface area is 113 Å². The molecule has 0 saturated carbocycles. The molecule has 2 aromatic heterocycles. The smallest absolute Gasteiger partial charge is 0.161 e. The van der Waals surface area contributed by atoms with Crippen LogP contribution in [0.1, 0.15) is 23.5 Å². The fraction of sp³-hybridized carbons (Fsp3) is 0.364. The van der Waals surface area contributed by atoms with Crippen LogP contribution in [0.4, 0.5) is 0 Å². The highest BCUT2D eigenvalue weighted by molar-refractivity contribution is 9.10. The zero-order valence-corrected chi connectivity index (χ0v) is 12.1. The van der Waals surface area contributed by atoms with E-state index in [-0.39, 0.29) is 6.04 Å². The van der Waals surface area contributed by atoms with Crippen molar-refractivity contribution in [3.05, 3.63) is 32.7 Å². The van der Waals surface area contributed by atoms with Crippen LogP contribution < -0.4 is 10.5 Å². The Bertz CT molecular complexity index is 487. The van der Waals surface area contributed by atoms with Crippen molar-refractivity contribution in [1.82, 2.24) is 9.78 Å². The first-order valence-electron chi connectivity index (χ1n) is 5.26. The van der Waals surface area contributed by atoms with E-state index in [4.69, 9.17) is 10.5 Å². The second kappa shape index (κ2) is 5.20. The Balaban J connectivity index is 2.41. The van der Waals surface area contributed by atoms with Crippen molar-refractivity contribution in [3.8, 4) is 5.75 Å². The molecule has 0 aromatic carbocycles. The predicted octanol–water partition coefficient (Wildman–Crippen LogP) is 2.78. The summed E-state index contributed by atoms with van der Waals surface area (Å²) in [6.45, 7) is 2.81. The fourth-order valence-electron chi connectivity index (χ4n) is 1.73. The molecule has 2 N–H and O–H groups in total. The molecule has 0 spiro atoms. The number of nitrogens with zero attached hydrogens (tertiary/aromatic N) is 2. The average molecular weight is 316 g/mol. The van der Waals surface area contributed by atoms with Gasteiger partial charge in [-0.2, -0.15) is 5.10 Å².